The van der Waals surface area contributed by atoms with Gasteiger partial charge in [0.2, 0.25) is 0 Å². The van der Waals surface area contributed by atoms with E-state index in [9.17, 15) is 18.0 Å². The van der Waals surface area contributed by atoms with Gasteiger partial charge in [0.1, 0.15) is 5.01 Å². The maximum Gasteiger partial charge on any atom is 0.490 e. The molecule has 0 aromatic carbocycles. The van der Waals surface area contributed by atoms with Crippen LogP contribution in [0.5, 0.6) is 0 Å². The molecule has 2 amide bonds. The van der Waals surface area contributed by atoms with Gasteiger partial charge < -0.3 is 20.1 Å². The predicted octanol–water partition coefficient (Wildman–Crippen LogP) is 2.87. The van der Waals surface area contributed by atoms with Gasteiger partial charge in [-0.1, -0.05) is 0 Å². The van der Waals surface area contributed by atoms with E-state index in [2.05, 4.69) is 20.6 Å². The molecule has 1 spiro atoms. The van der Waals surface area contributed by atoms with Crippen molar-refractivity contribution in [1.82, 2.24) is 20.1 Å². The predicted molar refractivity (Wildman–Crippen MR) is 109 cm³/mol. The van der Waals surface area contributed by atoms with Gasteiger partial charge in [0.05, 0.1) is 18.2 Å². The summed E-state index contributed by atoms with van der Waals surface area (Å²) in [6.07, 6.45) is -0.549. The van der Waals surface area contributed by atoms with E-state index in [1.807, 2.05) is 6.92 Å². The highest BCUT2D eigenvalue weighted by Gasteiger charge is 2.43. The minimum Gasteiger partial charge on any atom is -0.475 e. The molecule has 0 radical (unpaired) electrons. The van der Waals surface area contributed by atoms with Crippen molar-refractivity contribution < 1.29 is 32.6 Å². The lowest BCUT2D eigenvalue weighted by molar-refractivity contribution is -0.192. The summed E-state index contributed by atoms with van der Waals surface area (Å²) in [5, 5.41) is 13.4. The molecule has 1 aromatic heterocycles. The normalized spacial score (nSPS) is 23.9. The fourth-order valence-electron chi connectivity index (χ4n) is 3.66. The molecule has 0 unspecified atom stereocenters. The highest BCUT2D eigenvalue weighted by Crippen LogP contribution is 2.37. The van der Waals surface area contributed by atoms with Crippen molar-refractivity contribution in [1.29, 1.82) is 0 Å². The van der Waals surface area contributed by atoms with Gasteiger partial charge >= 0.3 is 18.2 Å². The third kappa shape index (κ3) is 7.93. The number of carboxylic acid groups (broad SMARTS) is 1. The van der Waals surface area contributed by atoms with Gasteiger partial charge in [0.25, 0.3) is 0 Å². The lowest BCUT2D eigenvalue weighted by atomic mass is 9.90. The number of likely N-dealkylation sites (tertiary alicyclic amines) is 1. The molecule has 0 bridgehead atoms. The number of carbonyl (C=O) groups excluding carboxylic acids is 1. The van der Waals surface area contributed by atoms with Crippen LogP contribution in [0.2, 0.25) is 0 Å². The third-order valence-corrected chi connectivity index (χ3v) is 6.08. The zero-order chi connectivity index (χ0) is 23.2. The summed E-state index contributed by atoms with van der Waals surface area (Å²) in [6, 6.07) is -0.0505. The Labute approximate surface area is 183 Å². The quantitative estimate of drug-likeness (QED) is 0.709. The van der Waals surface area contributed by atoms with Crippen molar-refractivity contribution in [2.75, 3.05) is 33.7 Å². The molecule has 176 valence electrons. The lowest BCUT2D eigenvalue weighted by Crippen LogP contribution is -2.48. The van der Waals surface area contributed by atoms with E-state index >= 15 is 0 Å². The second kappa shape index (κ2) is 10.6. The van der Waals surface area contributed by atoms with Crippen LogP contribution in [0.25, 0.3) is 0 Å². The summed E-state index contributed by atoms with van der Waals surface area (Å²) in [7, 11) is 3.52. The average molecular weight is 467 g/mol. The molecule has 12 heteroatoms. The minimum absolute atomic E-state index is 0.0297. The third-order valence-electron chi connectivity index (χ3n) is 5.13. The van der Waals surface area contributed by atoms with Crippen LogP contribution in [0, 0.1) is 6.92 Å². The van der Waals surface area contributed by atoms with E-state index in [1.165, 1.54) is 11.4 Å². The summed E-state index contributed by atoms with van der Waals surface area (Å²) in [4.78, 5) is 29.2. The summed E-state index contributed by atoms with van der Waals surface area (Å²) < 4.78 is 38.2. The van der Waals surface area contributed by atoms with E-state index in [0.717, 1.165) is 44.6 Å². The van der Waals surface area contributed by atoms with E-state index in [4.69, 9.17) is 14.6 Å². The fraction of sp³-hybridized carbons (Fsp3) is 0.737. The molecule has 2 saturated heterocycles. The first-order valence-corrected chi connectivity index (χ1v) is 10.8. The molecular formula is C19H29F3N4O4S. The largest absolute Gasteiger partial charge is 0.490 e. The number of aryl methyl sites for hydroxylation is 1. The maximum atomic E-state index is 11.7. The zero-order valence-corrected chi connectivity index (χ0v) is 18.7. The number of urea groups is 1. The topological polar surface area (TPSA) is 95.0 Å². The van der Waals surface area contributed by atoms with Crippen molar-refractivity contribution in [3.05, 3.63) is 16.1 Å². The zero-order valence-electron chi connectivity index (χ0n) is 17.9. The number of carbonyl (C=O) groups is 2. The molecule has 0 aliphatic carbocycles. The molecule has 31 heavy (non-hydrogen) atoms. The first kappa shape index (κ1) is 25.3. The number of thiazole rings is 1. The Kier molecular flexibility index (Phi) is 8.66. The van der Waals surface area contributed by atoms with Crippen LogP contribution in [-0.2, 0) is 16.1 Å². The number of aliphatic carboxylic acids is 1. The highest BCUT2D eigenvalue weighted by atomic mass is 32.1. The molecule has 2 atom stereocenters. The minimum atomic E-state index is -5.08. The average Bonchev–Trinajstić information content (AvgIpc) is 3.25. The number of rotatable bonds is 4. The Balaban J connectivity index is 0.000000423. The van der Waals surface area contributed by atoms with Crippen LogP contribution < -0.4 is 5.32 Å². The highest BCUT2D eigenvalue weighted by molar-refractivity contribution is 7.09. The van der Waals surface area contributed by atoms with E-state index < -0.39 is 12.1 Å². The van der Waals surface area contributed by atoms with Crippen LogP contribution in [0.3, 0.4) is 0 Å². The van der Waals surface area contributed by atoms with Gasteiger partial charge in [-0.05, 0) is 32.6 Å². The summed E-state index contributed by atoms with van der Waals surface area (Å²) >= 11 is 1.74. The molecule has 2 aliphatic heterocycles. The smallest absolute Gasteiger partial charge is 0.475 e. The number of hydrogen-bond acceptors (Lipinski definition) is 6. The summed E-state index contributed by atoms with van der Waals surface area (Å²) in [5.74, 6) is -2.76. The molecule has 0 saturated carbocycles. The molecule has 2 N–H and O–H groups in total. The number of nitrogens with one attached hydrogen (secondary N) is 1. The van der Waals surface area contributed by atoms with Gasteiger partial charge in [-0.15, -0.1) is 11.3 Å². The van der Waals surface area contributed by atoms with Crippen molar-refractivity contribution in [3.8, 4) is 0 Å². The van der Waals surface area contributed by atoms with E-state index in [0.29, 0.717) is 6.54 Å². The van der Waals surface area contributed by atoms with Crippen LogP contribution in [0.15, 0.2) is 5.38 Å². The van der Waals surface area contributed by atoms with Crippen molar-refractivity contribution in [2.45, 2.75) is 57.0 Å². The Morgan fingerprint density at radius 2 is 2.10 bits per heavy atom. The van der Waals surface area contributed by atoms with Gasteiger partial charge in [-0.2, -0.15) is 13.2 Å². The number of halogens is 3. The maximum absolute atomic E-state index is 11.7. The first-order valence-electron chi connectivity index (χ1n) is 9.97. The Morgan fingerprint density at radius 1 is 1.42 bits per heavy atom. The van der Waals surface area contributed by atoms with Gasteiger partial charge in [0, 0.05) is 44.8 Å². The molecule has 3 heterocycles. The Morgan fingerprint density at radius 3 is 2.65 bits per heavy atom. The van der Waals surface area contributed by atoms with Crippen LogP contribution >= 0.6 is 11.3 Å². The van der Waals surface area contributed by atoms with Gasteiger partial charge in [0.15, 0.2) is 0 Å². The van der Waals surface area contributed by atoms with Crippen LogP contribution in [-0.4, -0.2) is 83.5 Å². The van der Waals surface area contributed by atoms with Gasteiger partial charge in [-0.25, -0.2) is 14.6 Å². The number of amides is 2. The van der Waals surface area contributed by atoms with Crippen molar-refractivity contribution in [3.63, 3.8) is 0 Å². The summed E-state index contributed by atoms with van der Waals surface area (Å²) in [5.41, 5.74) is 1.08. The number of alkyl halides is 3. The standard InChI is InChI=1S/C17H28N4O2S.C2HF3O2/c1-13-11-24-15(19-13)10-21-8-7-17(12-21)6-4-5-14(23-17)9-18-16(22)20(2)3;3-2(4,5)1(6)7/h11,14H,4-10,12H2,1-3H3,(H,18,22);(H,6,7)/t14-,17+;/m0./s1. The Hall–Kier alpha value is -1.92. The lowest BCUT2D eigenvalue weighted by Gasteiger charge is -2.39. The van der Waals surface area contributed by atoms with E-state index in [-0.39, 0.29) is 17.7 Å². The molecule has 2 aliphatic rings. The van der Waals surface area contributed by atoms with Crippen LogP contribution in [0.1, 0.15) is 36.4 Å². The van der Waals surface area contributed by atoms with E-state index in [1.54, 1.807) is 30.3 Å². The number of aromatic nitrogens is 1. The molecular weight excluding hydrogens is 437 g/mol. The first-order chi connectivity index (χ1) is 14.4. The number of nitrogens with zero attached hydrogens (tertiary/aromatic N) is 3. The van der Waals surface area contributed by atoms with Crippen molar-refractivity contribution >= 4 is 23.3 Å². The molecule has 1 aromatic rings. The monoisotopic (exact) mass is 466 g/mol. The van der Waals surface area contributed by atoms with Gasteiger partial charge in [-0.3, -0.25) is 4.90 Å². The number of carboxylic acids is 1. The second-order valence-electron chi connectivity index (χ2n) is 8.04. The number of hydrogen-bond donors (Lipinski definition) is 2. The molecule has 3 rings (SSSR count). The molecule has 2 fully saturated rings. The fourth-order valence-corrected chi connectivity index (χ4v) is 4.47. The summed E-state index contributed by atoms with van der Waals surface area (Å²) in [6.45, 7) is 5.61. The van der Waals surface area contributed by atoms with Crippen molar-refractivity contribution in [2.24, 2.45) is 0 Å². The van der Waals surface area contributed by atoms with Crippen LogP contribution in [0.4, 0.5) is 18.0 Å². The SMILES string of the molecule is Cc1csc(CN2CC[C@]3(CCC[C@@H](CNC(=O)N(C)C)O3)C2)n1.O=C(O)C(F)(F)F. The number of ether oxygens (including phenoxy) is 1. The second-order valence-corrected chi connectivity index (χ2v) is 8.98. The molecule has 8 nitrogen and oxygen atoms in total. The Bertz CT molecular complexity index is 759.